The molecule has 0 aliphatic carbocycles. The van der Waals surface area contributed by atoms with Gasteiger partial charge in [-0.25, -0.2) is 0 Å². The molecule has 0 atom stereocenters. The molecule has 1 fully saturated rings. The molecule has 1 aromatic carbocycles. The summed E-state index contributed by atoms with van der Waals surface area (Å²) in [6.45, 7) is 8.64. The average Bonchev–Trinajstić information content (AvgIpc) is 2.67. The summed E-state index contributed by atoms with van der Waals surface area (Å²) >= 11 is 5.92. The van der Waals surface area contributed by atoms with Gasteiger partial charge in [0.15, 0.2) is 0 Å². The van der Waals surface area contributed by atoms with Crippen LogP contribution in [0.2, 0.25) is 5.02 Å². The molecule has 1 aliphatic heterocycles. The third-order valence-electron chi connectivity index (χ3n) is 4.47. The van der Waals surface area contributed by atoms with Gasteiger partial charge in [-0.15, -0.1) is 0 Å². The van der Waals surface area contributed by atoms with Crippen molar-refractivity contribution in [1.82, 2.24) is 15.1 Å². The fourth-order valence-corrected chi connectivity index (χ4v) is 3.09. The number of piperazine rings is 1. The normalized spacial score (nSPS) is 14.4. The fourth-order valence-electron chi connectivity index (χ4n) is 2.97. The van der Waals surface area contributed by atoms with Gasteiger partial charge in [-0.1, -0.05) is 11.6 Å². The van der Waals surface area contributed by atoms with Crippen molar-refractivity contribution < 1.29 is 14.3 Å². The van der Waals surface area contributed by atoms with Crippen LogP contribution in [0.5, 0.6) is 0 Å². The van der Waals surface area contributed by atoms with Crippen LogP contribution in [0.25, 0.3) is 0 Å². The third-order valence-corrected chi connectivity index (χ3v) is 4.72. The Bertz CT molecular complexity index is 601. The highest BCUT2D eigenvalue weighted by molar-refractivity contribution is 6.30. The van der Waals surface area contributed by atoms with E-state index in [1.807, 2.05) is 18.7 Å². The van der Waals surface area contributed by atoms with Gasteiger partial charge in [-0.05, 0) is 44.5 Å². The Balaban J connectivity index is 1.94. The summed E-state index contributed by atoms with van der Waals surface area (Å²) < 4.78 is 5.58. The number of nitrogens with one attached hydrogen (secondary N) is 1. The van der Waals surface area contributed by atoms with E-state index in [1.165, 1.54) is 0 Å². The molecule has 0 spiro atoms. The molecular weight excluding hydrogens is 366 g/mol. The van der Waals surface area contributed by atoms with E-state index in [2.05, 4.69) is 5.32 Å². The molecule has 1 N–H and O–H groups in total. The molecule has 27 heavy (non-hydrogen) atoms. The van der Waals surface area contributed by atoms with Crippen molar-refractivity contribution in [2.75, 3.05) is 45.9 Å². The number of hydrogen-bond acceptors (Lipinski definition) is 4. The van der Waals surface area contributed by atoms with Crippen molar-refractivity contribution in [3.8, 4) is 0 Å². The Kier molecular flexibility index (Phi) is 9.04. The SMILES string of the molecule is CC(C)OCCCN(CCC(=O)N1CCNCC1)C(=O)c1ccc(Cl)cc1. The quantitative estimate of drug-likeness (QED) is 0.652. The van der Waals surface area contributed by atoms with Gasteiger partial charge in [0.05, 0.1) is 6.10 Å². The van der Waals surface area contributed by atoms with Gasteiger partial charge < -0.3 is 19.9 Å². The molecule has 0 bridgehead atoms. The first-order valence-electron chi connectivity index (χ1n) is 9.62. The first-order chi connectivity index (χ1) is 13.0. The lowest BCUT2D eigenvalue weighted by molar-refractivity contribution is -0.131. The number of carbonyl (C=O) groups excluding carboxylic acids is 2. The van der Waals surface area contributed by atoms with E-state index >= 15 is 0 Å². The molecule has 1 saturated heterocycles. The van der Waals surface area contributed by atoms with Crippen molar-refractivity contribution in [1.29, 1.82) is 0 Å². The van der Waals surface area contributed by atoms with Gasteiger partial charge in [0.1, 0.15) is 0 Å². The molecule has 6 nitrogen and oxygen atoms in total. The summed E-state index contributed by atoms with van der Waals surface area (Å²) in [6.07, 6.45) is 1.24. The second-order valence-corrected chi connectivity index (χ2v) is 7.39. The number of carbonyl (C=O) groups is 2. The molecule has 1 aromatic rings. The van der Waals surface area contributed by atoms with E-state index in [0.717, 1.165) is 32.6 Å². The summed E-state index contributed by atoms with van der Waals surface area (Å²) in [5.41, 5.74) is 0.582. The summed E-state index contributed by atoms with van der Waals surface area (Å²) in [4.78, 5) is 28.9. The molecule has 2 amide bonds. The minimum atomic E-state index is -0.0793. The minimum absolute atomic E-state index is 0.0793. The highest BCUT2D eigenvalue weighted by atomic mass is 35.5. The van der Waals surface area contributed by atoms with Crippen LogP contribution in [0.3, 0.4) is 0 Å². The summed E-state index contributed by atoms with van der Waals surface area (Å²) in [7, 11) is 0. The number of rotatable bonds is 9. The first kappa shape index (κ1) is 21.7. The molecule has 2 rings (SSSR count). The van der Waals surface area contributed by atoms with Gasteiger partial charge in [0.25, 0.3) is 5.91 Å². The maximum atomic E-state index is 12.9. The van der Waals surface area contributed by atoms with E-state index in [4.69, 9.17) is 16.3 Å². The summed E-state index contributed by atoms with van der Waals surface area (Å²) in [5.74, 6) is 0.0214. The smallest absolute Gasteiger partial charge is 0.253 e. The van der Waals surface area contributed by atoms with Crippen LogP contribution >= 0.6 is 11.6 Å². The Morgan fingerprint density at radius 1 is 1.19 bits per heavy atom. The molecule has 0 aromatic heterocycles. The first-order valence-corrected chi connectivity index (χ1v) is 10.00. The summed E-state index contributed by atoms with van der Waals surface area (Å²) in [6, 6.07) is 6.86. The van der Waals surface area contributed by atoms with Crippen LogP contribution in [0.4, 0.5) is 0 Å². The van der Waals surface area contributed by atoms with E-state index in [-0.39, 0.29) is 17.9 Å². The highest BCUT2D eigenvalue weighted by Crippen LogP contribution is 2.13. The molecule has 0 saturated carbocycles. The van der Waals surface area contributed by atoms with Crippen molar-refractivity contribution in [2.24, 2.45) is 0 Å². The van der Waals surface area contributed by atoms with Gasteiger partial charge in [0.2, 0.25) is 5.91 Å². The molecule has 150 valence electrons. The maximum absolute atomic E-state index is 12.9. The lowest BCUT2D eigenvalue weighted by Crippen LogP contribution is -2.47. The standard InChI is InChI=1S/C20H30ClN3O3/c1-16(2)27-15-3-11-24(20(26)17-4-6-18(21)7-5-17)12-8-19(25)23-13-9-22-10-14-23/h4-7,16,22H,3,8-15H2,1-2H3. The predicted molar refractivity (Wildman–Crippen MR) is 107 cm³/mol. The maximum Gasteiger partial charge on any atom is 0.253 e. The van der Waals surface area contributed by atoms with E-state index in [1.54, 1.807) is 29.2 Å². The Hall–Kier alpha value is -1.63. The molecule has 0 unspecified atom stereocenters. The Morgan fingerprint density at radius 2 is 1.85 bits per heavy atom. The van der Waals surface area contributed by atoms with Gasteiger partial charge in [-0.3, -0.25) is 9.59 Å². The molecule has 7 heteroatoms. The van der Waals surface area contributed by atoms with E-state index in [9.17, 15) is 9.59 Å². The molecule has 1 aliphatic rings. The molecular formula is C20H30ClN3O3. The molecule has 0 radical (unpaired) electrons. The van der Waals surface area contributed by atoms with Crippen LogP contribution in [0.1, 0.15) is 37.0 Å². The number of halogens is 1. The fraction of sp³-hybridized carbons (Fsp3) is 0.600. The second-order valence-electron chi connectivity index (χ2n) is 6.95. The van der Waals surface area contributed by atoms with Gasteiger partial charge in [-0.2, -0.15) is 0 Å². The largest absolute Gasteiger partial charge is 0.379 e. The number of ether oxygens (including phenoxy) is 1. The number of amides is 2. The van der Waals surface area contributed by atoms with Crippen LogP contribution in [-0.4, -0.2) is 73.6 Å². The lowest BCUT2D eigenvalue weighted by atomic mass is 10.2. The topological polar surface area (TPSA) is 61.9 Å². The number of nitrogens with zero attached hydrogens (tertiary/aromatic N) is 2. The predicted octanol–water partition coefficient (Wildman–Crippen LogP) is 2.42. The van der Waals surface area contributed by atoms with E-state index < -0.39 is 0 Å². The average molecular weight is 396 g/mol. The zero-order chi connectivity index (χ0) is 19.6. The summed E-state index contributed by atoms with van der Waals surface area (Å²) in [5, 5.41) is 3.83. The van der Waals surface area contributed by atoms with Gasteiger partial charge in [0, 0.05) is 62.9 Å². The zero-order valence-corrected chi connectivity index (χ0v) is 17.0. The van der Waals surface area contributed by atoms with Crippen LogP contribution in [-0.2, 0) is 9.53 Å². The second kappa shape index (κ2) is 11.3. The van der Waals surface area contributed by atoms with Crippen LogP contribution < -0.4 is 5.32 Å². The third kappa shape index (κ3) is 7.48. The van der Waals surface area contributed by atoms with Crippen molar-refractivity contribution in [3.63, 3.8) is 0 Å². The Labute approximate surface area is 166 Å². The Morgan fingerprint density at radius 3 is 2.48 bits per heavy atom. The van der Waals surface area contributed by atoms with Crippen LogP contribution in [0, 0.1) is 0 Å². The minimum Gasteiger partial charge on any atom is -0.379 e. The number of hydrogen-bond donors (Lipinski definition) is 1. The van der Waals surface area contributed by atoms with Crippen molar-refractivity contribution in [3.05, 3.63) is 34.9 Å². The highest BCUT2D eigenvalue weighted by Gasteiger charge is 2.20. The monoisotopic (exact) mass is 395 g/mol. The van der Waals surface area contributed by atoms with Crippen molar-refractivity contribution >= 4 is 23.4 Å². The molecule has 1 heterocycles. The van der Waals surface area contributed by atoms with Crippen molar-refractivity contribution in [2.45, 2.75) is 32.8 Å². The zero-order valence-electron chi connectivity index (χ0n) is 16.2. The van der Waals surface area contributed by atoms with Gasteiger partial charge >= 0.3 is 0 Å². The van der Waals surface area contributed by atoms with E-state index in [0.29, 0.717) is 36.7 Å². The lowest BCUT2D eigenvalue weighted by Gasteiger charge is -2.29. The van der Waals surface area contributed by atoms with Crippen LogP contribution in [0.15, 0.2) is 24.3 Å². The number of benzene rings is 1.